The van der Waals surface area contributed by atoms with Crippen molar-refractivity contribution in [2.24, 2.45) is 17.8 Å². The van der Waals surface area contributed by atoms with Crippen LogP contribution in [0.4, 0.5) is 22.0 Å². The molecule has 0 N–H and O–H groups in total. The van der Waals surface area contributed by atoms with Crippen LogP contribution in [0, 0.1) is 41.2 Å². The Hall–Kier alpha value is -2.61. The van der Waals surface area contributed by atoms with Crippen LogP contribution in [-0.4, -0.2) is 0 Å². The molecular formula is C27H25F5. The van der Waals surface area contributed by atoms with Crippen LogP contribution >= 0.6 is 0 Å². The van der Waals surface area contributed by atoms with Gasteiger partial charge in [-0.25, -0.2) is 8.78 Å². The lowest BCUT2D eigenvalue weighted by Crippen LogP contribution is -2.30. The second kappa shape index (κ2) is 9.10. The Morgan fingerprint density at radius 1 is 0.844 bits per heavy atom. The highest BCUT2D eigenvalue weighted by molar-refractivity contribution is 5.45. The van der Waals surface area contributed by atoms with Crippen molar-refractivity contribution in [3.63, 3.8) is 0 Å². The standard InChI is InChI=1S/C27H25F5/c1-2-17-3-7-21-15-22(11-10-20(21)13-17)23-9-8-19(25(28)16-23)6-4-18-5-12-24(26(29)14-18)27(30,31)32/h2,5,8-9,12,14,16-17,20-22H,1,3,7,10-11,13,15H2. The van der Waals surface area contributed by atoms with Gasteiger partial charge in [0.05, 0.1) is 11.1 Å². The molecule has 0 heterocycles. The Morgan fingerprint density at radius 2 is 1.59 bits per heavy atom. The Balaban J connectivity index is 1.46. The summed E-state index contributed by atoms with van der Waals surface area (Å²) < 4.78 is 66.4. The summed E-state index contributed by atoms with van der Waals surface area (Å²) in [5, 5.41) is 0. The zero-order chi connectivity index (χ0) is 22.9. The zero-order valence-corrected chi connectivity index (χ0v) is 17.7. The minimum atomic E-state index is -4.76. The zero-order valence-electron chi connectivity index (χ0n) is 17.7. The maximum absolute atomic E-state index is 14.7. The van der Waals surface area contributed by atoms with Gasteiger partial charge in [-0.05, 0) is 98.1 Å². The van der Waals surface area contributed by atoms with Gasteiger partial charge in [0.2, 0.25) is 0 Å². The molecule has 2 aliphatic rings. The Bertz CT molecular complexity index is 1060. The second-order valence-electron chi connectivity index (χ2n) is 9.02. The minimum Gasteiger partial charge on any atom is -0.206 e. The van der Waals surface area contributed by atoms with Crippen LogP contribution in [0.5, 0.6) is 0 Å². The molecule has 0 radical (unpaired) electrons. The van der Waals surface area contributed by atoms with E-state index in [-0.39, 0.29) is 11.1 Å². The molecule has 2 aromatic rings. The van der Waals surface area contributed by atoms with Crippen LogP contribution in [0.15, 0.2) is 49.1 Å². The first-order valence-electron chi connectivity index (χ1n) is 11.1. The van der Waals surface area contributed by atoms with Crippen molar-refractivity contribution in [2.45, 2.75) is 50.6 Å². The molecule has 4 unspecified atom stereocenters. The number of fused-ring (bicyclic) bond motifs is 1. The smallest absolute Gasteiger partial charge is 0.206 e. The van der Waals surface area contributed by atoms with Gasteiger partial charge in [0.1, 0.15) is 11.6 Å². The average Bonchev–Trinajstić information content (AvgIpc) is 2.76. The molecule has 2 fully saturated rings. The molecule has 4 atom stereocenters. The lowest BCUT2D eigenvalue weighted by Gasteiger charge is -2.41. The van der Waals surface area contributed by atoms with Gasteiger partial charge in [-0.3, -0.25) is 0 Å². The van der Waals surface area contributed by atoms with Gasteiger partial charge in [0, 0.05) is 5.56 Å². The highest BCUT2D eigenvalue weighted by Gasteiger charge is 2.35. The molecule has 0 saturated heterocycles. The van der Waals surface area contributed by atoms with E-state index in [1.54, 1.807) is 6.07 Å². The number of benzene rings is 2. The van der Waals surface area contributed by atoms with E-state index in [1.807, 2.05) is 6.07 Å². The molecule has 0 nitrogen and oxygen atoms in total. The largest absolute Gasteiger partial charge is 0.419 e. The molecule has 2 aliphatic carbocycles. The third kappa shape index (κ3) is 4.90. The maximum atomic E-state index is 14.7. The number of hydrogen-bond donors (Lipinski definition) is 0. The molecule has 0 aliphatic heterocycles. The van der Waals surface area contributed by atoms with Gasteiger partial charge in [-0.1, -0.05) is 24.0 Å². The SMILES string of the molecule is C=CC1CCC2CC(c3ccc(C#Cc4ccc(C(F)(F)F)c(F)c4)c(F)c3)CCC2C1. The Kier molecular flexibility index (Phi) is 6.42. The second-order valence-corrected chi connectivity index (χ2v) is 9.02. The predicted molar refractivity (Wildman–Crippen MR) is 115 cm³/mol. The molecule has 2 aromatic carbocycles. The van der Waals surface area contributed by atoms with Gasteiger partial charge >= 0.3 is 6.18 Å². The van der Waals surface area contributed by atoms with Crippen LogP contribution < -0.4 is 0 Å². The number of hydrogen-bond acceptors (Lipinski definition) is 0. The molecule has 32 heavy (non-hydrogen) atoms. The molecule has 0 bridgehead atoms. The Morgan fingerprint density at radius 3 is 2.28 bits per heavy atom. The quantitative estimate of drug-likeness (QED) is 0.251. The highest BCUT2D eigenvalue weighted by Crippen LogP contribution is 2.47. The highest BCUT2D eigenvalue weighted by atomic mass is 19.4. The van der Waals surface area contributed by atoms with Crippen molar-refractivity contribution >= 4 is 0 Å². The van der Waals surface area contributed by atoms with Crippen LogP contribution in [0.1, 0.15) is 66.7 Å². The summed E-state index contributed by atoms with van der Waals surface area (Å²) in [6, 6.07) is 7.49. The molecular weight excluding hydrogens is 419 g/mol. The van der Waals surface area contributed by atoms with E-state index in [4.69, 9.17) is 0 Å². The summed E-state index contributed by atoms with van der Waals surface area (Å²) in [6.45, 7) is 3.94. The van der Waals surface area contributed by atoms with Gasteiger partial charge in [0.15, 0.2) is 0 Å². The normalized spacial score (nSPS) is 25.4. The fourth-order valence-corrected chi connectivity index (χ4v) is 5.29. The number of alkyl halides is 3. The van der Waals surface area contributed by atoms with Crippen LogP contribution in [0.3, 0.4) is 0 Å². The lowest BCUT2D eigenvalue weighted by molar-refractivity contribution is -0.140. The average molecular weight is 444 g/mol. The third-order valence-corrected chi connectivity index (χ3v) is 7.07. The molecule has 0 spiro atoms. The van der Waals surface area contributed by atoms with Crippen molar-refractivity contribution in [3.05, 3.63) is 82.9 Å². The summed E-state index contributed by atoms with van der Waals surface area (Å²) in [7, 11) is 0. The van der Waals surface area contributed by atoms with Crippen molar-refractivity contribution in [2.75, 3.05) is 0 Å². The summed E-state index contributed by atoms with van der Waals surface area (Å²) in [5.74, 6) is 5.71. The summed E-state index contributed by atoms with van der Waals surface area (Å²) in [5.41, 5.74) is -0.161. The van der Waals surface area contributed by atoms with E-state index >= 15 is 0 Å². The summed E-state index contributed by atoms with van der Waals surface area (Å²) in [6.07, 6.45) is 4.19. The first kappa shape index (κ1) is 22.6. The topological polar surface area (TPSA) is 0 Å². The molecule has 2 saturated carbocycles. The number of allylic oxidation sites excluding steroid dienone is 1. The van der Waals surface area contributed by atoms with E-state index in [0.29, 0.717) is 23.8 Å². The fraction of sp³-hybridized carbons (Fsp3) is 0.407. The van der Waals surface area contributed by atoms with Gasteiger partial charge in [-0.15, -0.1) is 6.58 Å². The molecule has 4 rings (SSSR count). The van der Waals surface area contributed by atoms with Crippen LogP contribution in [-0.2, 0) is 6.18 Å². The van der Waals surface area contributed by atoms with Crippen LogP contribution in [0.2, 0.25) is 0 Å². The van der Waals surface area contributed by atoms with Crippen molar-refractivity contribution < 1.29 is 22.0 Å². The fourth-order valence-electron chi connectivity index (χ4n) is 5.29. The van der Waals surface area contributed by atoms with Gasteiger partial charge < -0.3 is 0 Å². The van der Waals surface area contributed by atoms with Crippen molar-refractivity contribution in [1.29, 1.82) is 0 Å². The van der Waals surface area contributed by atoms with Gasteiger partial charge in [0.25, 0.3) is 0 Å². The van der Waals surface area contributed by atoms with E-state index in [0.717, 1.165) is 42.9 Å². The molecule has 0 amide bonds. The van der Waals surface area contributed by atoms with E-state index in [9.17, 15) is 22.0 Å². The molecule has 5 heteroatoms. The number of rotatable bonds is 2. The monoisotopic (exact) mass is 444 g/mol. The number of halogens is 5. The Labute approximate surface area is 185 Å². The minimum absolute atomic E-state index is 0.0624. The lowest BCUT2D eigenvalue weighted by atomic mass is 9.64. The van der Waals surface area contributed by atoms with Crippen molar-refractivity contribution in [1.82, 2.24) is 0 Å². The first-order valence-corrected chi connectivity index (χ1v) is 11.1. The summed E-state index contributed by atoms with van der Waals surface area (Å²) >= 11 is 0. The molecule has 168 valence electrons. The van der Waals surface area contributed by atoms with Gasteiger partial charge in [-0.2, -0.15) is 13.2 Å². The van der Waals surface area contributed by atoms with Crippen molar-refractivity contribution in [3.8, 4) is 11.8 Å². The summed E-state index contributed by atoms with van der Waals surface area (Å²) in [4.78, 5) is 0. The third-order valence-electron chi connectivity index (χ3n) is 7.07. The van der Waals surface area contributed by atoms with E-state index in [1.165, 1.54) is 25.3 Å². The maximum Gasteiger partial charge on any atom is 0.419 e. The van der Waals surface area contributed by atoms with E-state index in [2.05, 4.69) is 24.5 Å². The van der Waals surface area contributed by atoms with E-state index < -0.39 is 23.4 Å². The molecule has 0 aromatic heterocycles. The predicted octanol–water partition coefficient (Wildman–Crippen LogP) is 7.87. The van der Waals surface area contributed by atoms with Crippen LogP contribution in [0.25, 0.3) is 0 Å². The first-order chi connectivity index (χ1) is 15.2.